The summed E-state index contributed by atoms with van der Waals surface area (Å²) in [5, 5.41) is 2.83. The topological polar surface area (TPSA) is 38.3 Å². The third kappa shape index (κ3) is 4.09. The van der Waals surface area contributed by atoms with Crippen LogP contribution >= 0.6 is 0 Å². The molecule has 82 valence electrons. The minimum Gasteiger partial charge on any atom is -0.381 e. The van der Waals surface area contributed by atoms with Crippen LogP contribution in [0.5, 0.6) is 0 Å². The number of carbonyl (C=O) groups is 1. The summed E-state index contributed by atoms with van der Waals surface area (Å²) in [5.41, 5.74) is 0. The predicted molar refractivity (Wildman–Crippen MR) is 56.0 cm³/mol. The first-order valence-corrected chi connectivity index (χ1v) is 5.55. The van der Waals surface area contributed by atoms with Crippen molar-refractivity contribution in [2.24, 2.45) is 11.8 Å². The Kier molecular flexibility index (Phi) is 4.94. The van der Waals surface area contributed by atoms with Crippen LogP contribution in [0.3, 0.4) is 0 Å². The van der Waals surface area contributed by atoms with E-state index in [1.54, 1.807) is 0 Å². The molecule has 1 N–H and O–H groups in total. The number of rotatable bonds is 6. The Labute approximate surface area is 86.2 Å². The highest BCUT2D eigenvalue weighted by Gasteiger charge is 2.23. The molecule has 0 radical (unpaired) electrons. The van der Waals surface area contributed by atoms with Crippen molar-refractivity contribution in [2.45, 2.75) is 33.1 Å². The van der Waals surface area contributed by atoms with E-state index in [0.29, 0.717) is 5.92 Å². The smallest absolute Gasteiger partial charge is 0.223 e. The molecule has 3 heteroatoms. The number of carbonyl (C=O) groups excluding carboxylic acids is 1. The fourth-order valence-corrected chi connectivity index (χ4v) is 1.57. The highest BCUT2D eigenvalue weighted by Crippen LogP contribution is 2.13. The van der Waals surface area contributed by atoms with Crippen LogP contribution in [0.15, 0.2) is 0 Å². The molecule has 0 aromatic rings. The molecule has 1 saturated heterocycles. The average molecular weight is 199 g/mol. The van der Waals surface area contributed by atoms with Crippen LogP contribution in [-0.2, 0) is 9.53 Å². The third-order valence-electron chi connectivity index (χ3n) is 2.61. The molecule has 1 aliphatic heterocycles. The Morgan fingerprint density at radius 1 is 1.50 bits per heavy atom. The molecule has 3 nitrogen and oxygen atoms in total. The van der Waals surface area contributed by atoms with Gasteiger partial charge in [-0.15, -0.1) is 0 Å². The summed E-state index contributed by atoms with van der Waals surface area (Å²) in [6, 6.07) is 0. The van der Waals surface area contributed by atoms with Gasteiger partial charge in [0.05, 0.1) is 0 Å². The van der Waals surface area contributed by atoms with E-state index in [9.17, 15) is 4.79 Å². The second-order valence-electron chi connectivity index (χ2n) is 4.36. The number of amides is 1. The van der Waals surface area contributed by atoms with E-state index in [4.69, 9.17) is 4.74 Å². The lowest BCUT2D eigenvalue weighted by atomic mass is 10.1. The second kappa shape index (κ2) is 6.02. The highest BCUT2D eigenvalue weighted by atomic mass is 16.5. The summed E-state index contributed by atoms with van der Waals surface area (Å²) in [6.07, 6.45) is 2.97. The van der Waals surface area contributed by atoms with Crippen LogP contribution in [0.1, 0.15) is 33.1 Å². The van der Waals surface area contributed by atoms with Gasteiger partial charge in [-0.1, -0.05) is 13.8 Å². The second-order valence-corrected chi connectivity index (χ2v) is 4.36. The van der Waals surface area contributed by atoms with Crippen molar-refractivity contribution in [3.8, 4) is 0 Å². The van der Waals surface area contributed by atoms with Crippen molar-refractivity contribution >= 4 is 5.91 Å². The molecule has 0 bridgehead atoms. The molecule has 1 aliphatic rings. The first kappa shape index (κ1) is 11.5. The van der Waals surface area contributed by atoms with Gasteiger partial charge in [-0.3, -0.25) is 4.79 Å². The van der Waals surface area contributed by atoms with Gasteiger partial charge < -0.3 is 10.1 Å². The Hall–Kier alpha value is -0.570. The van der Waals surface area contributed by atoms with Crippen LogP contribution in [-0.4, -0.2) is 25.7 Å². The summed E-state index contributed by atoms with van der Waals surface area (Å²) >= 11 is 0. The molecule has 0 spiro atoms. The van der Waals surface area contributed by atoms with Gasteiger partial charge in [0, 0.05) is 25.7 Å². The quantitative estimate of drug-likeness (QED) is 0.659. The molecule has 0 aromatic carbocycles. The molecule has 0 aromatic heterocycles. The van der Waals surface area contributed by atoms with Gasteiger partial charge in [-0.05, 0) is 25.2 Å². The maximum atomic E-state index is 11.2. The van der Waals surface area contributed by atoms with Gasteiger partial charge in [0.15, 0.2) is 0 Å². The van der Waals surface area contributed by atoms with Crippen LogP contribution in [0.2, 0.25) is 0 Å². The van der Waals surface area contributed by atoms with Gasteiger partial charge in [-0.25, -0.2) is 0 Å². The van der Waals surface area contributed by atoms with Gasteiger partial charge in [0.2, 0.25) is 5.91 Å². The molecule has 1 atom stereocenters. The Balaban J connectivity index is 1.96. The third-order valence-corrected chi connectivity index (χ3v) is 2.61. The van der Waals surface area contributed by atoms with Crippen LogP contribution in [0.25, 0.3) is 0 Å². The molecule has 1 unspecified atom stereocenters. The molecule has 1 rings (SSSR count). The maximum Gasteiger partial charge on any atom is 0.223 e. The standard InChI is InChI=1S/C11H21NO2/c1-9(2)4-7-14-8-5-10-3-6-12-11(10)13/h9-10H,3-8H2,1-2H3,(H,12,13). The number of ether oxygens (including phenoxy) is 1. The summed E-state index contributed by atoms with van der Waals surface area (Å²) in [6.45, 7) is 6.77. The summed E-state index contributed by atoms with van der Waals surface area (Å²) in [5.74, 6) is 1.11. The van der Waals surface area contributed by atoms with Crippen molar-refractivity contribution in [2.75, 3.05) is 19.8 Å². The molecular weight excluding hydrogens is 178 g/mol. The maximum absolute atomic E-state index is 11.2. The minimum atomic E-state index is 0.203. The zero-order chi connectivity index (χ0) is 10.4. The molecule has 1 amide bonds. The SMILES string of the molecule is CC(C)CCOCCC1CCNC1=O. The van der Waals surface area contributed by atoms with E-state index < -0.39 is 0 Å². The number of hydrogen-bond donors (Lipinski definition) is 1. The van der Waals surface area contributed by atoms with Crippen molar-refractivity contribution in [3.05, 3.63) is 0 Å². The fraction of sp³-hybridized carbons (Fsp3) is 0.909. The summed E-state index contributed by atoms with van der Waals surface area (Å²) in [4.78, 5) is 11.2. The minimum absolute atomic E-state index is 0.203. The number of nitrogens with one attached hydrogen (secondary N) is 1. The molecule has 1 heterocycles. The lowest BCUT2D eigenvalue weighted by Gasteiger charge is -2.08. The molecule has 14 heavy (non-hydrogen) atoms. The summed E-state index contributed by atoms with van der Waals surface area (Å²) < 4.78 is 5.47. The van der Waals surface area contributed by atoms with Crippen molar-refractivity contribution in [1.29, 1.82) is 0 Å². The lowest BCUT2D eigenvalue weighted by Crippen LogP contribution is -2.20. The largest absolute Gasteiger partial charge is 0.381 e. The molecule has 0 saturated carbocycles. The highest BCUT2D eigenvalue weighted by molar-refractivity contribution is 5.80. The van der Waals surface area contributed by atoms with Crippen molar-refractivity contribution in [3.63, 3.8) is 0 Å². The van der Waals surface area contributed by atoms with Gasteiger partial charge in [-0.2, -0.15) is 0 Å². The first-order valence-electron chi connectivity index (χ1n) is 5.55. The molecular formula is C11H21NO2. The van der Waals surface area contributed by atoms with E-state index in [1.165, 1.54) is 0 Å². The normalized spacial score (nSPS) is 21.6. The number of hydrogen-bond acceptors (Lipinski definition) is 2. The fourth-order valence-electron chi connectivity index (χ4n) is 1.57. The van der Waals surface area contributed by atoms with E-state index in [1.807, 2.05) is 0 Å². The van der Waals surface area contributed by atoms with Gasteiger partial charge in [0.1, 0.15) is 0 Å². The Morgan fingerprint density at radius 3 is 2.86 bits per heavy atom. The van der Waals surface area contributed by atoms with Gasteiger partial charge in [0.25, 0.3) is 0 Å². The van der Waals surface area contributed by atoms with E-state index in [-0.39, 0.29) is 11.8 Å². The Bertz CT molecular complexity index is 180. The van der Waals surface area contributed by atoms with E-state index in [0.717, 1.165) is 39.0 Å². The molecule has 0 aliphatic carbocycles. The average Bonchev–Trinajstić information content (AvgIpc) is 2.51. The van der Waals surface area contributed by atoms with Crippen molar-refractivity contribution < 1.29 is 9.53 Å². The monoisotopic (exact) mass is 199 g/mol. The Morgan fingerprint density at radius 2 is 2.29 bits per heavy atom. The van der Waals surface area contributed by atoms with E-state index in [2.05, 4.69) is 19.2 Å². The predicted octanol–water partition coefficient (Wildman–Crippen LogP) is 1.58. The van der Waals surface area contributed by atoms with Crippen LogP contribution in [0, 0.1) is 11.8 Å². The lowest BCUT2D eigenvalue weighted by molar-refractivity contribution is -0.122. The molecule has 1 fully saturated rings. The summed E-state index contributed by atoms with van der Waals surface area (Å²) in [7, 11) is 0. The zero-order valence-corrected chi connectivity index (χ0v) is 9.21. The van der Waals surface area contributed by atoms with Crippen LogP contribution < -0.4 is 5.32 Å². The first-order chi connectivity index (χ1) is 6.70. The van der Waals surface area contributed by atoms with E-state index >= 15 is 0 Å². The van der Waals surface area contributed by atoms with Crippen LogP contribution in [0.4, 0.5) is 0 Å². The zero-order valence-electron chi connectivity index (χ0n) is 9.21. The van der Waals surface area contributed by atoms with Crippen molar-refractivity contribution in [1.82, 2.24) is 5.32 Å². The van der Waals surface area contributed by atoms with Gasteiger partial charge >= 0.3 is 0 Å².